The van der Waals surface area contributed by atoms with Gasteiger partial charge in [-0.05, 0) is 63.6 Å². The molecule has 0 fully saturated rings. The lowest BCUT2D eigenvalue weighted by atomic mass is 10.3. The van der Waals surface area contributed by atoms with Crippen LogP contribution in [0.4, 0.5) is 14.5 Å². The third-order valence-corrected chi connectivity index (χ3v) is 4.03. The molecular formula is C9H9BrF2IN. The van der Waals surface area contributed by atoms with Crippen molar-refractivity contribution in [1.82, 2.24) is 0 Å². The average molecular weight is 376 g/mol. The van der Waals surface area contributed by atoms with Gasteiger partial charge in [0.25, 0.3) is 6.43 Å². The SMILES string of the molecule is CC(Nc1ccc(I)c(Br)c1)C(F)F. The Morgan fingerprint density at radius 3 is 2.57 bits per heavy atom. The van der Waals surface area contributed by atoms with Gasteiger partial charge < -0.3 is 5.32 Å². The van der Waals surface area contributed by atoms with Crippen LogP contribution in [0.15, 0.2) is 22.7 Å². The molecule has 0 heterocycles. The van der Waals surface area contributed by atoms with Crippen molar-refractivity contribution in [2.45, 2.75) is 19.4 Å². The molecule has 1 aromatic rings. The number of halogens is 4. The smallest absolute Gasteiger partial charge is 0.258 e. The molecule has 1 rings (SSSR count). The molecular weight excluding hydrogens is 367 g/mol. The van der Waals surface area contributed by atoms with Gasteiger partial charge in [0.2, 0.25) is 0 Å². The molecule has 1 aromatic carbocycles. The molecule has 0 saturated carbocycles. The van der Waals surface area contributed by atoms with E-state index in [1.54, 1.807) is 12.1 Å². The van der Waals surface area contributed by atoms with E-state index in [2.05, 4.69) is 43.8 Å². The Balaban J connectivity index is 2.73. The number of hydrogen-bond acceptors (Lipinski definition) is 1. The lowest BCUT2D eigenvalue weighted by Gasteiger charge is -2.14. The maximum atomic E-state index is 12.2. The molecule has 0 aromatic heterocycles. The van der Waals surface area contributed by atoms with Gasteiger partial charge in [-0.1, -0.05) is 0 Å². The van der Waals surface area contributed by atoms with Crippen molar-refractivity contribution in [2.75, 3.05) is 5.32 Å². The van der Waals surface area contributed by atoms with E-state index in [0.717, 1.165) is 8.04 Å². The molecule has 1 unspecified atom stereocenters. The van der Waals surface area contributed by atoms with E-state index < -0.39 is 12.5 Å². The van der Waals surface area contributed by atoms with Crippen LogP contribution in [-0.4, -0.2) is 12.5 Å². The Bertz CT molecular complexity index is 320. The van der Waals surface area contributed by atoms with E-state index in [1.165, 1.54) is 6.92 Å². The number of benzene rings is 1. The quantitative estimate of drug-likeness (QED) is 0.783. The summed E-state index contributed by atoms with van der Waals surface area (Å²) in [7, 11) is 0. The highest BCUT2D eigenvalue weighted by Gasteiger charge is 2.13. The van der Waals surface area contributed by atoms with Gasteiger partial charge in [-0.3, -0.25) is 0 Å². The molecule has 1 nitrogen and oxygen atoms in total. The van der Waals surface area contributed by atoms with Crippen LogP contribution in [0.1, 0.15) is 6.92 Å². The fraction of sp³-hybridized carbons (Fsp3) is 0.333. The number of hydrogen-bond donors (Lipinski definition) is 1. The van der Waals surface area contributed by atoms with Gasteiger partial charge in [-0.2, -0.15) is 0 Å². The van der Waals surface area contributed by atoms with Crippen LogP contribution < -0.4 is 5.32 Å². The van der Waals surface area contributed by atoms with E-state index in [-0.39, 0.29) is 0 Å². The largest absolute Gasteiger partial charge is 0.377 e. The Kier molecular flexibility index (Phi) is 4.56. The van der Waals surface area contributed by atoms with Crippen molar-refractivity contribution in [1.29, 1.82) is 0 Å². The predicted molar refractivity (Wildman–Crippen MR) is 65.9 cm³/mol. The lowest BCUT2D eigenvalue weighted by Crippen LogP contribution is -2.23. The molecule has 0 aliphatic heterocycles. The molecule has 14 heavy (non-hydrogen) atoms. The first-order valence-electron chi connectivity index (χ1n) is 4.00. The molecule has 0 aliphatic rings. The monoisotopic (exact) mass is 375 g/mol. The molecule has 0 amide bonds. The minimum atomic E-state index is -2.35. The lowest BCUT2D eigenvalue weighted by molar-refractivity contribution is 0.131. The number of anilines is 1. The van der Waals surface area contributed by atoms with Crippen LogP contribution in [0.3, 0.4) is 0 Å². The summed E-state index contributed by atoms with van der Waals surface area (Å²) >= 11 is 5.50. The van der Waals surface area contributed by atoms with Crippen LogP contribution in [0.5, 0.6) is 0 Å². The number of rotatable bonds is 3. The molecule has 0 aliphatic carbocycles. The maximum absolute atomic E-state index is 12.2. The van der Waals surface area contributed by atoms with E-state index in [1.807, 2.05) is 6.07 Å². The number of alkyl halides is 2. The second-order valence-electron chi connectivity index (χ2n) is 2.90. The second-order valence-corrected chi connectivity index (χ2v) is 4.91. The Labute approximate surface area is 104 Å². The van der Waals surface area contributed by atoms with Crippen molar-refractivity contribution >= 4 is 44.2 Å². The minimum absolute atomic E-state index is 0.699. The minimum Gasteiger partial charge on any atom is -0.377 e. The molecule has 1 N–H and O–H groups in total. The molecule has 0 bridgehead atoms. The highest BCUT2D eigenvalue weighted by molar-refractivity contribution is 14.1. The van der Waals surface area contributed by atoms with Crippen LogP contribution in [0.25, 0.3) is 0 Å². The summed E-state index contributed by atoms with van der Waals surface area (Å²) in [6.45, 7) is 1.45. The predicted octanol–water partition coefficient (Wildman–Crippen LogP) is 4.12. The topological polar surface area (TPSA) is 12.0 Å². The maximum Gasteiger partial charge on any atom is 0.258 e. The summed E-state index contributed by atoms with van der Waals surface area (Å²) in [5.41, 5.74) is 0.699. The zero-order valence-electron chi connectivity index (χ0n) is 7.40. The first-order valence-corrected chi connectivity index (χ1v) is 5.87. The molecule has 78 valence electrons. The van der Waals surface area contributed by atoms with Gasteiger partial charge >= 0.3 is 0 Å². The van der Waals surface area contributed by atoms with E-state index in [0.29, 0.717) is 5.69 Å². The van der Waals surface area contributed by atoms with Crippen LogP contribution >= 0.6 is 38.5 Å². The summed E-state index contributed by atoms with van der Waals surface area (Å²) in [5, 5.41) is 2.73. The molecule has 0 spiro atoms. The van der Waals surface area contributed by atoms with Gasteiger partial charge in [0.1, 0.15) is 0 Å². The Hall–Kier alpha value is 0.0900. The average Bonchev–Trinajstić information content (AvgIpc) is 2.11. The molecule has 1 atom stereocenters. The molecule has 0 radical (unpaired) electrons. The summed E-state index contributed by atoms with van der Waals surface area (Å²) in [4.78, 5) is 0. The highest BCUT2D eigenvalue weighted by atomic mass is 127. The van der Waals surface area contributed by atoms with Crippen molar-refractivity contribution in [3.63, 3.8) is 0 Å². The van der Waals surface area contributed by atoms with Crippen LogP contribution in [0, 0.1) is 3.57 Å². The number of nitrogens with one attached hydrogen (secondary N) is 1. The van der Waals surface area contributed by atoms with Gasteiger partial charge in [0, 0.05) is 13.7 Å². The summed E-state index contributed by atoms with van der Waals surface area (Å²) in [6, 6.07) is 4.61. The van der Waals surface area contributed by atoms with Gasteiger partial charge in [-0.25, -0.2) is 8.78 Å². The van der Waals surface area contributed by atoms with E-state index in [4.69, 9.17) is 0 Å². The van der Waals surface area contributed by atoms with Gasteiger partial charge in [0.05, 0.1) is 6.04 Å². The summed E-state index contributed by atoms with van der Waals surface area (Å²) < 4.78 is 26.4. The Morgan fingerprint density at radius 2 is 2.07 bits per heavy atom. The first-order chi connectivity index (χ1) is 6.50. The molecule has 0 saturated heterocycles. The normalized spacial score (nSPS) is 13.0. The zero-order valence-corrected chi connectivity index (χ0v) is 11.1. The van der Waals surface area contributed by atoms with Crippen LogP contribution in [0.2, 0.25) is 0 Å². The van der Waals surface area contributed by atoms with Crippen molar-refractivity contribution in [3.05, 3.63) is 26.2 Å². The van der Waals surface area contributed by atoms with Gasteiger partial charge in [-0.15, -0.1) is 0 Å². The molecule has 5 heteroatoms. The summed E-state index contributed by atoms with van der Waals surface area (Å²) in [6.07, 6.45) is -2.35. The second kappa shape index (κ2) is 5.25. The highest BCUT2D eigenvalue weighted by Crippen LogP contribution is 2.23. The van der Waals surface area contributed by atoms with E-state index >= 15 is 0 Å². The third-order valence-electron chi connectivity index (χ3n) is 1.69. The van der Waals surface area contributed by atoms with E-state index in [9.17, 15) is 8.78 Å². The van der Waals surface area contributed by atoms with Crippen LogP contribution in [-0.2, 0) is 0 Å². The standard InChI is InChI=1S/C9H9BrF2IN/c1-5(9(11)12)14-6-2-3-8(13)7(10)4-6/h2-5,9,14H,1H3. The Morgan fingerprint density at radius 1 is 1.43 bits per heavy atom. The summed E-state index contributed by atoms with van der Waals surface area (Å²) in [5.74, 6) is 0. The first kappa shape index (κ1) is 12.2. The fourth-order valence-electron chi connectivity index (χ4n) is 0.912. The van der Waals surface area contributed by atoms with Crippen molar-refractivity contribution in [3.8, 4) is 0 Å². The van der Waals surface area contributed by atoms with Crippen molar-refractivity contribution in [2.24, 2.45) is 0 Å². The third kappa shape index (κ3) is 3.34. The fourth-order valence-corrected chi connectivity index (χ4v) is 1.63. The zero-order chi connectivity index (χ0) is 10.7. The van der Waals surface area contributed by atoms with Gasteiger partial charge in [0.15, 0.2) is 0 Å². The van der Waals surface area contributed by atoms with Crippen molar-refractivity contribution < 1.29 is 8.78 Å².